The molecule has 0 radical (unpaired) electrons. The second-order valence-electron chi connectivity index (χ2n) is 5.38. The van der Waals surface area contributed by atoms with E-state index in [2.05, 4.69) is 4.98 Å². The first-order valence-electron chi connectivity index (χ1n) is 7.48. The number of ether oxygens (including phenoxy) is 1. The molecule has 1 aromatic heterocycles. The fourth-order valence-corrected chi connectivity index (χ4v) is 2.78. The first kappa shape index (κ1) is 14.6. The van der Waals surface area contributed by atoms with E-state index in [9.17, 15) is 9.59 Å². The van der Waals surface area contributed by atoms with Crippen molar-refractivity contribution in [2.45, 2.75) is 19.8 Å². The number of likely N-dealkylation sites (tertiary alicyclic amines) is 1. The summed E-state index contributed by atoms with van der Waals surface area (Å²) in [6.45, 7) is 3.22. The molecule has 1 fully saturated rings. The Hall–Kier alpha value is -2.37. The van der Waals surface area contributed by atoms with Gasteiger partial charge in [0.05, 0.1) is 12.5 Å². The fraction of sp³-hybridized carbons (Fsp3) is 0.438. The van der Waals surface area contributed by atoms with Gasteiger partial charge in [-0.05, 0) is 38.0 Å². The Bertz CT molecular complexity index is 694. The van der Waals surface area contributed by atoms with Crippen molar-refractivity contribution < 1.29 is 18.7 Å². The Morgan fingerprint density at radius 2 is 2.32 bits per heavy atom. The molecule has 1 unspecified atom stereocenters. The highest BCUT2D eigenvalue weighted by Gasteiger charge is 2.29. The van der Waals surface area contributed by atoms with Crippen LogP contribution in [-0.4, -0.2) is 41.5 Å². The van der Waals surface area contributed by atoms with E-state index in [1.807, 2.05) is 0 Å². The zero-order valence-corrected chi connectivity index (χ0v) is 12.4. The maximum absolute atomic E-state index is 12.6. The molecule has 22 heavy (non-hydrogen) atoms. The van der Waals surface area contributed by atoms with Crippen LogP contribution < -0.4 is 0 Å². The minimum Gasteiger partial charge on any atom is -0.466 e. The number of fused-ring (bicyclic) bond motifs is 1. The molecule has 3 rings (SSSR count). The minimum absolute atomic E-state index is 0.0905. The third kappa shape index (κ3) is 2.81. The van der Waals surface area contributed by atoms with Gasteiger partial charge in [0.25, 0.3) is 5.91 Å². The van der Waals surface area contributed by atoms with E-state index in [1.54, 1.807) is 30.0 Å². The van der Waals surface area contributed by atoms with Crippen LogP contribution in [0.3, 0.4) is 0 Å². The molecule has 1 aromatic carbocycles. The molecule has 1 atom stereocenters. The van der Waals surface area contributed by atoms with Crippen LogP contribution in [0.5, 0.6) is 0 Å². The molecule has 0 spiro atoms. The van der Waals surface area contributed by atoms with Gasteiger partial charge in [-0.15, -0.1) is 0 Å². The van der Waals surface area contributed by atoms with Gasteiger partial charge in [0.2, 0.25) is 0 Å². The van der Waals surface area contributed by atoms with Crippen LogP contribution in [-0.2, 0) is 9.53 Å². The minimum atomic E-state index is -0.230. The van der Waals surface area contributed by atoms with Crippen LogP contribution in [0, 0.1) is 5.92 Å². The highest BCUT2D eigenvalue weighted by atomic mass is 16.5. The number of hydrogen-bond donors (Lipinski definition) is 0. The number of carbonyl (C=O) groups excluding carboxylic acids is 2. The molecule has 2 aromatic rings. The van der Waals surface area contributed by atoms with Crippen LogP contribution in [0.15, 0.2) is 29.0 Å². The van der Waals surface area contributed by atoms with Gasteiger partial charge < -0.3 is 14.1 Å². The summed E-state index contributed by atoms with van der Waals surface area (Å²) in [6, 6.07) is 5.19. The largest absolute Gasteiger partial charge is 0.466 e. The van der Waals surface area contributed by atoms with E-state index in [0.717, 1.165) is 18.4 Å². The molecule has 116 valence electrons. The number of oxazole rings is 1. The van der Waals surface area contributed by atoms with Crippen molar-refractivity contribution in [3.63, 3.8) is 0 Å². The summed E-state index contributed by atoms with van der Waals surface area (Å²) >= 11 is 0. The molecule has 0 bridgehead atoms. The highest BCUT2D eigenvalue weighted by Crippen LogP contribution is 2.21. The molecule has 0 aliphatic carbocycles. The maximum atomic E-state index is 12.6. The summed E-state index contributed by atoms with van der Waals surface area (Å²) in [5.41, 5.74) is 1.86. The lowest BCUT2D eigenvalue weighted by Gasteiger charge is -2.31. The predicted octanol–water partition coefficient (Wildman–Crippen LogP) is 2.24. The average Bonchev–Trinajstić information content (AvgIpc) is 3.02. The van der Waals surface area contributed by atoms with Gasteiger partial charge in [-0.2, -0.15) is 0 Å². The molecular weight excluding hydrogens is 284 g/mol. The van der Waals surface area contributed by atoms with Crippen LogP contribution >= 0.6 is 0 Å². The summed E-state index contributed by atoms with van der Waals surface area (Å²) in [5, 5.41) is 0. The van der Waals surface area contributed by atoms with Crippen molar-refractivity contribution in [2.75, 3.05) is 19.7 Å². The molecule has 1 amide bonds. The van der Waals surface area contributed by atoms with E-state index in [0.29, 0.717) is 30.8 Å². The number of benzene rings is 1. The summed E-state index contributed by atoms with van der Waals surface area (Å²) in [7, 11) is 0. The molecule has 2 heterocycles. The number of carbonyl (C=O) groups is 2. The lowest BCUT2D eigenvalue weighted by Crippen LogP contribution is -2.42. The molecule has 1 saturated heterocycles. The van der Waals surface area contributed by atoms with Crippen molar-refractivity contribution >= 4 is 23.0 Å². The summed E-state index contributed by atoms with van der Waals surface area (Å²) in [4.78, 5) is 30.2. The van der Waals surface area contributed by atoms with Crippen LogP contribution in [0.2, 0.25) is 0 Å². The third-order valence-electron chi connectivity index (χ3n) is 3.91. The molecule has 0 N–H and O–H groups in total. The monoisotopic (exact) mass is 302 g/mol. The van der Waals surface area contributed by atoms with E-state index < -0.39 is 0 Å². The Kier molecular flexibility index (Phi) is 4.09. The topological polar surface area (TPSA) is 72.6 Å². The number of amides is 1. The van der Waals surface area contributed by atoms with E-state index in [1.165, 1.54) is 6.39 Å². The lowest BCUT2D eigenvalue weighted by molar-refractivity contribution is -0.149. The van der Waals surface area contributed by atoms with Crippen LogP contribution in [0.25, 0.3) is 11.1 Å². The smallest absolute Gasteiger partial charge is 0.310 e. The Morgan fingerprint density at radius 3 is 3.14 bits per heavy atom. The number of piperidine rings is 1. The van der Waals surface area contributed by atoms with E-state index in [4.69, 9.17) is 9.15 Å². The van der Waals surface area contributed by atoms with Crippen molar-refractivity contribution in [3.05, 3.63) is 30.2 Å². The number of aromatic nitrogens is 1. The molecule has 1 aliphatic heterocycles. The van der Waals surface area contributed by atoms with Gasteiger partial charge in [-0.1, -0.05) is 0 Å². The summed E-state index contributed by atoms with van der Waals surface area (Å²) in [6.07, 6.45) is 2.93. The maximum Gasteiger partial charge on any atom is 0.310 e. The quantitative estimate of drug-likeness (QED) is 0.813. The molecule has 6 nitrogen and oxygen atoms in total. The Balaban J connectivity index is 1.74. The lowest BCUT2D eigenvalue weighted by atomic mass is 9.97. The average molecular weight is 302 g/mol. The highest BCUT2D eigenvalue weighted by molar-refractivity contribution is 5.97. The normalized spacial score (nSPS) is 18.4. The third-order valence-corrected chi connectivity index (χ3v) is 3.91. The zero-order valence-electron chi connectivity index (χ0n) is 12.4. The summed E-state index contributed by atoms with van der Waals surface area (Å²) in [5.74, 6) is -0.537. The van der Waals surface area contributed by atoms with E-state index >= 15 is 0 Å². The first-order chi connectivity index (χ1) is 10.7. The number of esters is 1. The van der Waals surface area contributed by atoms with Gasteiger partial charge in [-0.25, -0.2) is 4.98 Å². The van der Waals surface area contributed by atoms with Gasteiger partial charge in [0, 0.05) is 18.7 Å². The van der Waals surface area contributed by atoms with Gasteiger partial charge in [0.15, 0.2) is 12.0 Å². The van der Waals surface area contributed by atoms with E-state index in [-0.39, 0.29) is 17.8 Å². The van der Waals surface area contributed by atoms with Crippen LogP contribution in [0.4, 0.5) is 0 Å². The molecule has 1 aliphatic rings. The molecular formula is C16H18N2O4. The SMILES string of the molecule is CCOC(=O)C1CCCN(C(=O)c2ccc3ncoc3c2)C1. The fourth-order valence-electron chi connectivity index (χ4n) is 2.78. The predicted molar refractivity (Wildman–Crippen MR) is 79.3 cm³/mol. The van der Waals surface area contributed by atoms with Crippen molar-refractivity contribution in [2.24, 2.45) is 5.92 Å². The second-order valence-corrected chi connectivity index (χ2v) is 5.38. The zero-order chi connectivity index (χ0) is 15.5. The number of rotatable bonds is 3. The molecule has 0 saturated carbocycles. The Labute approximate surface area is 128 Å². The standard InChI is InChI=1S/C16H18N2O4/c1-2-21-16(20)12-4-3-7-18(9-12)15(19)11-5-6-13-14(8-11)22-10-17-13/h5-6,8,10,12H,2-4,7,9H2,1H3. The number of nitrogens with zero attached hydrogens (tertiary/aromatic N) is 2. The molecule has 6 heteroatoms. The Morgan fingerprint density at radius 1 is 1.45 bits per heavy atom. The van der Waals surface area contributed by atoms with Crippen molar-refractivity contribution in [1.82, 2.24) is 9.88 Å². The number of hydrogen-bond acceptors (Lipinski definition) is 5. The second kappa shape index (κ2) is 6.17. The van der Waals surface area contributed by atoms with Crippen LogP contribution in [0.1, 0.15) is 30.1 Å². The first-order valence-corrected chi connectivity index (χ1v) is 7.48. The van der Waals surface area contributed by atoms with Gasteiger partial charge in [-0.3, -0.25) is 9.59 Å². The van der Waals surface area contributed by atoms with Gasteiger partial charge >= 0.3 is 5.97 Å². The van der Waals surface area contributed by atoms with Gasteiger partial charge in [0.1, 0.15) is 5.52 Å². The van der Waals surface area contributed by atoms with Crippen molar-refractivity contribution in [3.8, 4) is 0 Å². The summed E-state index contributed by atoms with van der Waals surface area (Å²) < 4.78 is 10.3. The van der Waals surface area contributed by atoms with Crippen molar-refractivity contribution in [1.29, 1.82) is 0 Å².